The molecular formula is C20H26ClIN4O. The Morgan fingerprint density at radius 3 is 2.41 bits per heavy atom. The Labute approximate surface area is 183 Å². The molecule has 0 atom stereocenters. The Balaban J connectivity index is 0.00000364. The fourth-order valence-electron chi connectivity index (χ4n) is 2.26. The zero-order valence-corrected chi connectivity index (χ0v) is 18.7. The van der Waals surface area contributed by atoms with Gasteiger partial charge in [-0.25, -0.2) is 4.99 Å². The average molecular weight is 501 g/mol. The monoisotopic (exact) mass is 500 g/mol. The number of nitrogens with one attached hydrogen (secondary N) is 2. The van der Waals surface area contributed by atoms with Crippen LogP contribution in [-0.4, -0.2) is 44.0 Å². The van der Waals surface area contributed by atoms with Gasteiger partial charge in [0, 0.05) is 25.7 Å². The minimum Gasteiger partial charge on any atom is -0.356 e. The molecule has 2 aromatic rings. The number of halogens is 2. The summed E-state index contributed by atoms with van der Waals surface area (Å²) in [5, 5.41) is 7.10. The summed E-state index contributed by atoms with van der Waals surface area (Å²) >= 11 is 6.02. The van der Waals surface area contributed by atoms with E-state index >= 15 is 0 Å². The summed E-state index contributed by atoms with van der Waals surface area (Å²) in [6.07, 6.45) is 0.814. The molecule has 0 saturated heterocycles. The second kappa shape index (κ2) is 12.6. The van der Waals surface area contributed by atoms with Gasteiger partial charge in [0.2, 0.25) is 5.91 Å². The standard InChI is InChI=1S/C20H25ClN4O.HI/c1-25(2)19(26)15-24-20(23-14-17-7-4-3-5-8-17)22-12-11-16-9-6-10-18(21)13-16;/h3-10,13H,11-12,14-15H2,1-2H3,(H2,22,23,24);1H. The minimum absolute atomic E-state index is 0. The maximum Gasteiger partial charge on any atom is 0.241 e. The Morgan fingerprint density at radius 1 is 1.04 bits per heavy atom. The molecule has 0 unspecified atom stereocenters. The fraction of sp³-hybridized carbons (Fsp3) is 0.300. The molecule has 0 aliphatic carbocycles. The third-order valence-corrected chi connectivity index (χ3v) is 4.00. The molecule has 0 aliphatic heterocycles. The first kappa shape index (κ1) is 23.2. The van der Waals surface area contributed by atoms with E-state index in [1.165, 1.54) is 0 Å². The van der Waals surface area contributed by atoms with Gasteiger partial charge in [-0.3, -0.25) is 4.79 Å². The van der Waals surface area contributed by atoms with E-state index in [2.05, 4.69) is 15.6 Å². The van der Waals surface area contributed by atoms with Crippen LogP contribution < -0.4 is 10.6 Å². The van der Waals surface area contributed by atoms with Gasteiger partial charge >= 0.3 is 0 Å². The molecule has 2 N–H and O–H groups in total. The number of nitrogens with zero attached hydrogens (tertiary/aromatic N) is 2. The fourth-order valence-corrected chi connectivity index (χ4v) is 2.48. The van der Waals surface area contributed by atoms with Gasteiger partial charge in [0.25, 0.3) is 0 Å². The van der Waals surface area contributed by atoms with Crippen molar-refractivity contribution in [3.8, 4) is 0 Å². The van der Waals surface area contributed by atoms with Crippen LogP contribution in [0.1, 0.15) is 11.1 Å². The van der Waals surface area contributed by atoms with Crippen molar-refractivity contribution in [1.29, 1.82) is 0 Å². The van der Waals surface area contributed by atoms with E-state index in [0.717, 1.165) is 22.6 Å². The zero-order valence-electron chi connectivity index (χ0n) is 15.6. The van der Waals surface area contributed by atoms with E-state index in [-0.39, 0.29) is 36.4 Å². The lowest BCUT2D eigenvalue weighted by Gasteiger charge is -2.15. The molecule has 0 spiro atoms. The summed E-state index contributed by atoms with van der Waals surface area (Å²) in [4.78, 5) is 17.9. The predicted octanol–water partition coefficient (Wildman–Crippen LogP) is 3.32. The molecule has 0 aliphatic rings. The van der Waals surface area contributed by atoms with E-state index in [9.17, 15) is 4.79 Å². The Hall–Kier alpha value is -1.80. The van der Waals surface area contributed by atoms with Crippen LogP contribution in [0, 0.1) is 0 Å². The molecule has 0 fully saturated rings. The lowest BCUT2D eigenvalue weighted by Crippen LogP contribution is -2.43. The molecular weight excluding hydrogens is 475 g/mol. The first-order valence-corrected chi connectivity index (χ1v) is 8.93. The lowest BCUT2D eigenvalue weighted by molar-refractivity contribution is -0.127. The molecule has 2 rings (SSSR count). The Bertz CT molecular complexity index is 738. The van der Waals surface area contributed by atoms with Gasteiger partial charge < -0.3 is 15.5 Å². The van der Waals surface area contributed by atoms with Gasteiger partial charge in [-0.05, 0) is 29.7 Å². The van der Waals surface area contributed by atoms with Gasteiger partial charge in [-0.1, -0.05) is 54.1 Å². The molecule has 0 radical (unpaired) electrons. The summed E-state index contributed by atoms with van der Waals surface area (Å²) in [7, 11) is 3.47. The largest absolute Gasteiger partial charge is 0.356 e. The quantitative estimate of drug-likeness (QED) is 0.348. The van der Waals surface area contributed by atoms with Gasteiger partial charge in [0.1, 0.15) is 0 Å². The normalized spacial score (nSPS) is 10.7. The second-order valence-corrected chi connectivity index (χ2v) is 6.54. The minimum atomic E-state index is -0.00551. The SMILES string of the molecule is CN(C)C(=O)CNC(=NCc1ccccc1)NCCc1cccc(Cl)c1.I. The number of benzene rings is 2. The van der Waals surface area contributed by atoms with Crippen molar-refractivity contribution in [2.75, 3.05) is 27.2 Å². The summed E-state index contributed by atoms with van der Waals surface area (Å²) in [6.45, 7) is 1.44. The first-order chi connectivity index (χ1) is 12.5. The summed E-state index contributed by atoms with van der Waals surface area (Å²) < 4.78 is 0. The van der Waals surface area contributed by atoms with Crippen LogP contribution in [0.15, 0.2) is 59.6 Å². The van der Waals surface area contributed by atoms with Crippen LogP contribution in [0.3, 0.4) is 0 Å². The highest BCUT2D eigenvalue weighted by atomic mass is 127. The van der Waals surface area contributed by atoms with E-state index < -0.39 is 0 Å². The van der Waals surface area contributed by atoms with Crippen LogP contribution in [-0.2, 0) is 17.8 Å². The number of likely N-dealkylation sites (N-methyl/N-ethyl adjacent to an activating group) is 1. The topological polar surface area (TPSA) is 56.7 Å². The molecule has 146 valence electrons. The molecule has 0 saturated carbocycles. The average Bonchev–Trinajstić information content (AvgIpc) is 2.64. The molecule has 2 aromatic carbocycles. The third kappa shape index (κ3) is 9.10. The summed E-state index contributed by atoms with van der Waals surface area (Å²) in [5.74, 6) is 0.611. The van der Waals surface area contributed by atoms with Crippen molar-refractivity contribution in [2.24, 2.45) is 4.99 Å². The zero-order chi connectivity index (χ0) is 18.8. The van der Waals surface area contributed by atoms with Gasteiger partial charge in [0.15, 0.2) is 5.96 Å². The number of guanidine groups is 1. The maximum atomic E-state index is 11.8. The summed E-state index contributed by atoms with van der Waals surface area (Å²) in [5.41, 5.74) is 2.26. The van der Waals surface area contributed by atoms with Crippen LogP contribution in [0.5, 0.6) is 0 Å². The second-order valence-electron chi connectivity index (χ2n) is 6.10. The highest BCUT2D eigenvalue weighted by molar-refractivity contribution is 14.0. The van der Waals surface area contributed by atoms with Gasteiger partial charge in [-0.2, -0.15) is 0 Å². The third-order valence-electron chi connectivity index (χ3n) is 3.76. The van der Waals surface area contributed by atoms with Crippen molar-refractivity contribution in [1.82, 2.24) is 15.5 Å². The molecule has 5 nitrogen and oxygen atoms in total. The van der Waals surface area contributed by atoms with Gasteiger partial charge in [0.05, 0.1) is 13.1 Å². The predicted molar refractivity (Wildman–Crippen MR) is 123 cm³/mol. The van der Waals surface area contributed by atoms with Crippen molar-refractivity contribution in [3.05, 3.63) is 70.7 Å². The van der Waals surface area contributed by atoms with Crippen LogP contribution in [0.25, 0.3) is 0 Å². The van der Waals surface area contributed by atoms with Crippen molar-refractivity contribution >= 4 is 47.4 Å². The van der Waals surface area contributed by atoms with Crippen molar-refractivity contribution < 1.29 is 4.79 Å². The highest BCUT2D eigenvalue weighted by Gasteiger charge is 2.06. The lowest BCUT2D eigenvalue weighted by atomic mass is 10.1. The molecule has 0 aromatic heterocycles. The van der Waals surface area contributed by atoms with Crippen LogP contribution >= 0.6 is 35.6 Å². The smallest absolute Gasteiger partial charge is 0.241 e. The first-order valence-electron chi connectivity index (χ1n) is 8.55. The molecule has 27 heavy (non-hydrogen) atoms. The molecule has 1 amide bonds. The van der Waals surface area contributed by atoms with Crippen molar-refractivity contribution in [3.63, 3.8) is 0 Å². The summed E-state index contributed by atoms with van der Waals surface area (Å²) in [6, 6.07) is 17.8. The number of amides is 1. The van der Waals surface area contributed by atoms with E-state index in [0.29, 0.717) is 19.0 Å². The molecule has 7 heteroatoms. The van der Waals surface area contributed by atoms with E-state index in [1.54, 1.807) is 19.0 Å². The Kier molecular flexibility index (Phi) is 10.8. The molecule has 0 heterocycles. The number of carbonyl (C=O) groups is 1. The maximum absolute atomic E-state index is 11.8. The van der Waals surface area contributed by atoms with Gasteiger partial charge in [-0.15, -0.1) is 24.0 Å². The molecule has 0 bridgehead atoms. The van der Waals surface area contributed by atoms with Crippen LogP contribution in [0.4, 0.5) is 0 Å². The number of hydrogen-bond acceptors (Lipinski definition) is 2. The number of rotatable bonds is 7. The van der Waals surface area contributed by atoms with Crippen molar-refractivity contribution in [2.45, 2.75) is 13.0 Å². The number of hydrogen-bond donors (Lipinski definition) is 2. The number of aliphatic imine (C=N–C) groups is 1. The van der Waals surface area contributed by atoms with E-state index in [1.807, 2.05) is 54.6 Å². The Morgan fingerprint density at radius 2 is 1.74 bits per heavy atom. The van der Waals surface area contributed by atoms with E-state index in [4.69, 9.17) is 11.6 Å². The van der Waals surface area contributed by atoms with Crippen LogP contribution in [0.2, 0.25) is 5.02 Å². The number of carbonyl (C=O) groups excluding carboxylic acids is 1. The highest BCUT2D eigenvalue weighted by Crippen LogP contribution is 2.10.